The molecule has 0 rings (SSSR count). The van der Waals surface area contributed by atoms with Crippen LogP contribution in [0, 0.1) is 0 Å². The van der Waals surface area contributed by atoms with Crippen molar-refractivity contribution in [2.45, 2.75) is 110 Å². The second-order valence-electron chi connectivity index (χ2n) is 6.09. The van der Waals surface area contributed by atoms with Crippen LogP contribution in [0.4, 0.5) is 0 Å². The summed E-state index contributed by atoms with van der Waals surface area (Å²) in [5.41, 5.74) is 0. The van der Waals surface area contributed by atoms with Crippen molar-refractivity contribution >= 4 is 15.9 Å². The van der Waals surface area contributed by atoms with E-state index in [2.05, 4.69) is 6.92 Å². The van der Waals surface area contributed by atoms with Gasteiger partial charge in [-0.3, -0.25) is 4.79 Å². The Hall–Kier alpha value is -0.100. The fourth-order valence-electron chi connectivity index (χ4n) is 2.65. The van der Waals surface area contributed by atoms with E-state index in [1.165, 1.54) is 83.5 Å². The number of rotatable bonds is 16. The van der Waals surface area contributed by atoms with Gasteiger partial charge in [-0.2, -0.15) is 9.90 Å². The summed E-state index contributed by atoms with van der Waals surface area (Å²) in [6, 6.07) is 0. The molecular weight excluding hydrogens is 279 g/mol. The van der Waals surface area contributed by atoms with Gasteiger partial charge in [0.15, 0.2) is 0 Å². The Morgan fingerprint density at radius 3 is 1.19 bits per heavy atom. The molecule has 0 aromatic rings. The molecule has 0 aliphatic rings. The van der Waals surface area contributed by atoms with E-state index in [0.29, 0.717) is 6.42 Å². The van der Waals surface area contributed by atoms with Crippen LogP contribution in [-0.2, 0) is 4.79 Å². The Bertz CT molecular complexity index is 207. The summed E-state index contributed by atoms with van der Waals surface area (Å²) >= 11 is 0. The lowest BCUT2D eigenvalue weighted by molar-refractivity contribution is -0.137. The maximum Gasteiger partial charge on any atom is 0.303 e. The number of carboxylic acid groups (broad SMARTS) is 1. The summed E-state index contributed by atoms with van der Waals surface area (Å²) in [7, 11) is 0. The second kappa shape index (κ2) is 19.9. The van der Waals surface area contributed by atoms with Gasteiger partial charge in [0.25, 0.3) is 0 Å². The standard InChI is InChI=1S/C18H36O2.H3P/c1-2-3-4-5-6-7-8-9-10-11-12-13-14-15-16-17-18(19)20;/h2-17H2,1H3,(H,19,20);1H3. The third-order valence-electron chi connectivity index (χ3n) is 3.99. The SMILES string of the molecule is CCCCCCCCCCCCCCCCCC(=O)O.P. The monoisotopic (exact) mass is 318 g/mol. The minimum Gasteiger partial charge on any atom is -0.481 e. The largest absolute Gasteiger partial charge is 0.481 e. The molecule has 0 aliphatic heterocycles. The Labute approximate surface area is 136 Å². The summed E-state index contributed by atoms with van der Waals surface area (Å²) < 4.78 is 0. The van der Waals surface area contributed by atoms with Crippen molar-refractivity contribution in [2.24, 2.45) is 0 Å². The highest BCUT2D eigenvalue weighted by atomic mass is 31.0. The Balaban J connectivity index is 0. The Morgan fingerprint density at radius 1 is 0.619 bits per heavy atom. The van der Waals surface area contributed by atoms with Crippen molar-refractivity contribution in [3.8, 4) is 0 Å². The third-order valence-corrected chi connectivity index (χ3v) is 3.99. The van der Waals surface area contributed by atoms with Crippen LogP contribution in [0.15, 0.2) is 0 Å². The van der Waals surface area contributed by atoms with Gasteiger partial charge in [0.1, 0.15) is 0 Å². The molecular formula is C18H39O2P. The average molecular weight is 318 g/mol. The van der Waals surface area contributed by atoms with Crippen molar-refractivity contribution in [1.82, 2.24) is 0 Å². The molecule has 0 saturated carbocycles. The first-order valence-electron chi connectivity index (χ1n) is 8.99. The average Bonchev–Trinajstić information content (AvgIpc) is 2.43. The molecule has 0 radical (unpaired) electrons. The minimum absolute atomic E-state index is 0. The molecule has 0 heterocycles. The minimum atomic E-state index is -0.653. The van der Waals surface area contributed by atoms with Gasteiger partial charge in [0.2, 0.25) is 0 Å². The summed E-state index contributed by atoms with van der Waals surface area (Å²) in [4.78, 5) is 10.3. The van der Waals surface area contributed by atoms with Crippen molar-refractivity contribution in [3.63, 3.8) is 0 Å². The lowest BCUT2D eigenvalue weighted by Crippen LogP contribution is -1.93. The number of unbranched alkanes of at least 4 members (excludes halogenated alkanes) is 14. The lowest BCUT2D eigenvalue weighted by Gasteiger charge is -2.03. The van der Waals surface area contributed by atoms with E-state index in [0.717, 1.165) is 12.8 Å². The number of hydrogen-bond acceptors (Lipinski definition) is 1. The zero-order valence-electron chi connectivity index (χ0n) is 14.4. The molecule has 1 atom stereocenters. The van der Waals surface area contributed by atoms with E-state index in [4.69, 9.17) is 5.11 Å². The van der Waals surface area contributed by atoms with Crippen LogP contribution in [0.25, 0.3) is 0 Å². The molecule has 2 nitrogen and oxygen atoms in total. The topological polar surface area (TPSA) is 37.3 Å². The molecule has 0 fully saturated rings. The van der Waals surface area contributed by atoms with Crippen LogP contribution in [0.3, 0.4) is 0 Å². The van der Waals surface area contributed by atoms with Crippen molar-refractivity contribution in [1.29, 1.82) is 0 Å². The highest BCUT2D eigenvalue weighted by Crippen LogP contribution is 2.13. The summed E-state index contributed by atoms with van der Waals surface area (Å²) in [5.74, 6) is -0.653. The fourth-order valence-corrected chi connectivity index (χ4v) is 2.65. The van der Waals surface area contributed by atoms with E-state index in [9.17, 15) is 4.79 Å². The van der Waals surface area contributed by atoms with Crippen LogP contribution in [0.2, 0.25) is 0 Å². The predicted molar refractivity (Wildman–Crippen MR) is 98.3 cm³/mol. The van der Waals surface area contributed by atoms with Gasteiger partial charge in [0, 0.05) is 6.42 Å². The van der Waals surface area contributed by atoms with Gasteiger partial charge < -0.3 is 5.11 Å². The van der Waals surface area contributed by atoms with E-state index in [1.807, 2.05) is 0 Å². The van der Waals surface area contributed by atoms with E-state index in [1.54, 1.807) is 0 Å². The zero-order valence-corrected chi connectivity index (χ0v) is 15.8. The first kappa shape index (κ1) is 23.2. The molecule has 128 valence electrons. The molecule has 0 bridgehead atoms. The van der Waals surface area contributed by atoms with E-state index in [-0.39, 0.29) is 9.90 Å². The normalized spacial score (nSPS) is 10.3. The fraction of sp³-hybridized carbons (Fsp3) is 0.944. The zero-order chi connectivity index (χ0) is 14.9. The molecule has 3 heteroatoms. The molecule has 0 aromatic carbocycles. The highest BCUT2D eigenvalue weighted by Gasteiger charge is 1.97. The number of aliphatic carboxylic acids is 1. The van der Waals surface area contributed by atoms with Crippen LogP contribution in [-0.4, -0.2) is 11.1 Å². The number of carboxylic acids is 1. The molecule has 21 heavy (non-hydrogen) atoms. The van der Waals surface area contributed by atoms with Crippen molar-refractivity contribution in [2.75, 3.05) is 0 Å². The van der Waals surface area contributed by atoms with Gasteiger partial charge >= 0.3 is 5.97 Å². The van der Waals surface area contributed by atoms with Gasteiger partial charge in [-0.25, -0.2) is 0 Å². The summed E-state index contributed by atoms with van der Waals surface area (Å²) in [6.07, 6.45) is 20.2. The smallest absolute Gasteiger partial charge is 0.303 e. The first-order valence-corrected chi connectivity index (χ1v) is 8.99. The molecule has 0 aliphatic carbocycles. The summed E-state index contributed by atoms with van der Waals surface area (Å²) in [5, 5.41) is 8.52. The lowest BCUT2D eigenvalue weighted by atomic mass is 10.0. The molecule has 0 amide bonds. The molecule has 1 N–H and O–H groups in total. The third kappa shape index (κ3) is 22.3. The van der Waals surface area contributed by atoms with Gasteiger partial charge in [-0.05, 0) is 6.42 Å². The van der Waals surface area contributed by atoms with Crippen molar-refractivity contribution in [3.05, 3.63) is 0 Å². The summed E-state index contributed by atoms with van der Waals surface area (Å²) in [6.45, 7) is 2.27. The number of hydrogen-bond donors (Lipinski definition) is 1. The van der Waals surface area contributed by atoms with Crippen LogP contribution in [0.1, 0.15) is 110 Å². The molecule has 1 unspecified atom stereocenters. The Kier molecular flexibility index (Phi) is 22.0. The highest BCUT2D eigenvalue weighted by molar-refractivity contribution is 6.92. The van der Waals surface area contributed by atoms with E-state index < -0.39 is 5.97 Å². The number of carbonyl (C=O) groups is 1. The van der Waals surface area contributed by atoms with Gasteiger partial charge in [-0.15, -0.1) is 0 Å². The molecule has 0 aromatic heterocycles. The first-order chi connectivity index (χ1) is 9.77. The molecule has 0 saturated heterocycles. The quantitative estimate of drug-likeness (QED) is 0.264. The Morgan fingerprint density at radius 2 is 0.905 bits per heavy atom. The maximum atomic E-state index is 10.3. The van der Waals surface area contributed by atoms with Crippen LogP contribution in [0.5, 0.6) is 0 Å². The maximum absolute atomic E-state index is 10.3. The van der Waals surface area contributed by atoms with Gasteiger partial charge in [-0.1, -0.05) is 96.8 Å². The second-order valence-corrected chi connectivity index (χ2v) is 6.09. The predicted octanol–water partition coefficient (Wildman–Crippen LogP) is 6.39. The van der Waals surface area contributed by atoms with Crippen LogP contribution >= 0.6 is 9.90 Å². The van der Waals surface area contributed by atoms with Crippen LogP contribution < -0.4 is 0 Å². The van der Waals surface area contributed by atoms with Gasteiger partial charge in [0.05, 0.1) is 0 Å². The van der Waals surface area contributed by atoms with Crippen molar-refractivity contribution < 1.29 is 9.90 Å². The van der Waals surface area contributed by atoms with E-state index >= 15 is 0 Å². The molecule has 0 spiro atoms.